The minimum absolute atomic E-state index is 0.0348. The van der Waals surface area contributed by atoms with Crippen molar-refractivity contribution in [3.8, 4) is 0 Å². The van der Waals surface area contributed by atoms with Crippen LogP contribution in [-0.2, 0) is 4.79 Å². The van der Waals surface area contributed by atoms with E-state index in [0.717, 1.165) is 6.42 Å². The summed E-state index contributed by atoms with van der Waals surface area (Å²) >= 11 is 0. The third-order valence-electron chi connectivity index (χ3n) is 2.36. The molecule has 6 heteroatoms. The van der Waals surface area contributed by atoms with Crippen molar-refractivity contribution in [3.63, 3.8) is 0 Å². The van der Waals surface area contributed by atoms with Gasteiger partial charge in [-0.1, -0.05) is 13.8 Å². The monoisotopic (exact) mass is 244 g/mol. The molecule has 3 amide bonds. The minimum Gasteiger partial charge on any atom is -0.354 e. The second-order valence-corrected chi connectivity index (χ2v) is 4.58. The lowest BCUT2D eigenvalue weighted by Gasteiger charge is -2.16. The van der Waals surface area contributed by atoms with E-state index in [0.29, 0.717) is 32.0 Å². The summed E-state index contributed by atoms with van der Waals surface area (Å²) in [5.74, 6) is 0.722. The van der Waals surface area contributed by atoms with Crippen LogP contribution in [0.5, 0.6) is 0 Å². The van der Waals surface area contributed by atoms with Crippen LogP contribution in [0.2, 0.25) is 0 Å². The Morgan fingerprint density at radius 2 is 1.76 bits per heavy atom. The van der Waals surface area contributed by atoms with Gasteiger partial charge in [0.05, 0.1) is 0 Å². The van der Waals surface area contributed by atoms with Crippen LogP contribution < -0.4 is 22.1 Å². The first kappa shape index (κ1) is 15.7. The van der Waals surface area contributed by atoms with Gasteiger partial charge in [-0.15, -0.1) is 0 Å². The number of nitrogens with two attached hydrogens (primary N) is 2. The molecule has 0 aliphatic heterocycles. The smallest absolute Gasteiger partial charge is 0.312 e. The maximum Gasteiger partial charge on any atom is 0.312 e. The van der Waals surface area contributed by atoms with Crippen LogP contribution in [0.25, 0.3) is 0 Å². The molecule has 0 aliphatic carbocycles. The summed E-state index contributed by atoms with van der Waals surface area (Å²) in [7, 11) is 0. The van der Waals surface area contributed by atoms with Crippen LogP contribution >= 0.6 is 0 Å². The Balaban J connectivity index is 3.71. The van der Waals surface area contributed by atoms with Gasteiger partial charge in [0.25, 0.3) is 0 Å². The van der Waals surface area contributed by atoms with Gasteiger partial charge < -0.3 is 22.1 Å². The standard InChI is InChI=1S/C11H24N4O2/c1-8(2)5-9(7-12)6-10(16)14-3-4-15-11(13)17/h8-9H,3-7,12H2,1-2H3,(H,14,16)(H3,13,15,17). The van der Waals surface area contributed by atoms with E-state index in [1.807, 2.05) is 0 Å². The van der Waals surface area contributed by atoms with Crippen molar-refractivity contribution in [2.24, 2.45) is 23.3 Å². The first-order valence-electron chi connectivity index (χ1n) is 5.95. The molecule has 0 bridgehead atoms. The van der Waals surface area contributed by atoms with E-state index in [9.17, 15) is 9.59 Å². The number of carbonyl (C=O) groups is 2. The maximum atomic E-state index is 11.5. The molecular formula is C11H24N4O2. The zero-order valence-corrected chi connectivity index (χ0v) is 10.7. The van der Waals surface area contributed by atoms with E-state index < -0.39 is 6.03 Å². The predicted octanol–water partition coefficient (Wildman–Crippen LogP) is -0.218. The molecule has 0 aromatic heterocycles. The summed E-state index contributed by atoms with van der Waals surface area (Å²) in [6.45, 7) is 5.47. The van der Waals surface area contributed by atoms with Gasteiger partial charge in [0.1, 0.15) is 0 Å². The van der Waals surface area contributed by atoms with Crippen molar-refractivity contribution >= 4 is 11.9 Å². The van der Waals surface area contributed by atoms with Gasteiger partial charge in [-0.25, -0.2) is 4.79 Å². The lowest BCUT2D eigenvalue weighted by Crippen LogP contribution is -2.38. The molecule has 6 nitrogen and oxygen atoms in total. The van der Waals surface area contributed by atoms with Crippen LogP contribution in [0.3, 0.4) is 0 Å². The molecule has 0 rings (SSSR count). The van der Waals surface area contributed by atoms with E-state index in [1.54, 1.807) is 0 Å². The van der Waals surface area contributed by atoms with Gasteiger partial charge in [-0.3, -0.25) is 4.79 Å². The summed E-state index contributed by atoms with van der Waals surface area (Å²) in [4.78, 5) is 21.9. The van der Waals surface area contributed by atoms with Gasteiger partial charge in [0.15, 0.2) is 0 Å². The fourth-order valence-electron chi connectivity index (χ4n) is 1.65. The second kappa shape index (κ2) is 8.81. The minimum atomic E-state index is -0.584. The highest BCUT2D eigenvalue weighted by Gasteiger charge is 2.13. The molecule has 0 aromatic carbocycles. The van der Waals surface area contributed by atoms with E-state index in [-0.39, 0.29) is 11.8 Å². The largest absolute Gasteiger partial charge is 0.354 e. The zero-order chi connectivity index (χ0) is 13.3. The molecule has 0 fully saturated rings. The first-order chi connectivity index (χ1) is 7.95. The SMILES string of the molecule is CC(C)CC(CN)CC(=O)NCCNC(N)=O. The number of rotatable bonds is 8. The molecule has 0 aromatic rings. The Kier molecular flexibility index (Phi) is 8.13. The Hall–Kier alpha value is -1.30. The lowest BCUT2D eigenvalue weighted by atomic mass is 9.94. The number of hydrogen-bond acceptors (Lipinski definition) is 3. The van der Waals surface area contributed by atoms with Crippen LogP contribution in [0, 0.1) is 11.8 Å². The van der Waals surface area contributed by atoms with Crippen molar-refractivity contribution in [3.05, 3.63) is 0 Å². The van der Waals surface area contributed by atoms with Gasteiger partial charge in [0, 0.05) is 19.5 Å². The van der Waals surface area contributed by atoms with Crippen LogP contribution in [0.1, 0.15) is 26.7 Å². The Labute approximate surface area is 102 Å². The van der Waals surface area contributed by atoms with Crippen LogP contribution in [0.4, 0.5) is 4.79 Å². The fourth-order valence-corrected chi connectivity index (χ4v) is 1.65. The number of amides is 3. The van der Waals surface area contributed by atoms with Crippen molar-refractivity contribution in [2.45, 2.75) is 26.7 Å². The molecule has 17 heavy (non-hydrogen) atoms. The molecule has 1 unspecified atom stereocenters. The van der Waals surface area contributed by atoms with Gasteiger partial charge in [-0.05, 0) is 24.8 Å². The normalized spacial score (nSPS) is 12.2. The maximum absolute atomic E-state index is 11.5. The summed E-state index contributed by atoms with van der Waals surface area (Å²) in [6, 6.07) is -0.584. The number of hydrogen-bond donors (Lipinski definition) is 4. The predicted molar refractivity (Wildman–Crippen MR) is 67.2 cm³/mol. The number of carbonyl (C=O) groups excluding carboxylic acids is 2. The first-order valence-corrected chi connectivity index (χ1v) is 5.95. The van der Waals surface area contributed by atoms with E-state index >= 15 is 0 Å². The molecule has 0 saturated heterocycles. The molecule has 100 valence electrons. The third-order valence-corrected chi connectivity index (χ3v) is 2.36. The summed E-state index contributed by atoms with van der Waals surface area (Å²) in [5, 5.41) is 5.11. The zero-order valence-electron chi connectivity index (χ0n) is 10.7. The Morgan fingerprint density at radius 3 is 2.24 bits per heavy atom. The quantitative estimate of drug-likeness (QED) is 0.443. The topological polar surface area (TPSA) is 110 Å². The molecule has 6 N–H and O–H groups in total. The van der Waals surface area contributed by atoms with E-state index in [1.165, 1.54) is 0 Å². The fraction of sp³-hybridized carbons (Fsp3) is 0.818. The third kappa shape index (κ3) is 9.62. The molecular weight excluding hydrogens is 220 g/mol. The Bertz CT molecular complexity index is 244. The number of urea groups is 1. The summed E-state index contributed by atoms with van der Waals surface area (Å²) < 4.78 is 0. The van der Waals surface area contributed by atoms with Crippen molar-refractivity contribution in [1.82, 2.24) is 10.6 Å². The molecule has 0 saturated carbocycles. The molecule has 0 aliphatic rings. The van der Waals surface area contributed by atoms with Crippen molar-refractivity contribution in [2.75, 3.05) is 19.6 Å². The van der Waals surface area contributed by atoms with Gasteiger partial charge in [-0.2, -0.15) is 0 Å². The highest BCUT2D eigenvalue weighted by atomic mass is 16.2. The lowest BCUT2D eigenvalue weighted by molar-refractivity contribution is -0.122. The summed E-state index contributed by atoms with van der Waals surface area (Å²) in [6.07, 6.45) is 1.38. The average molecular weight is 244 g/mol. The van der Waals surface area contributed by atoms with E-state index in [2.05, 4.69) is 24.5 Å². The molecule has 0 radical (unpaired) electrons. The van der Waals surface area contributed by atoms with Crippen LogP contribution in [-0.4, -0.2) is 31.6 Å². The second-order valence-electron chi connectivity index (χ2n) is 4.58. The average Bonchev–Trinajstić information content (AvgIpc) is 2.22. The van der Waals surface area contributed by atoms with Crippen molar-refractivity contribution < 1.29 is 9.59 Å². The highest BCUT2D eigenvalue weighted by Crippen LogP contribution is 2.13. The number of primary amides is 1. The molecule has 0 heterocycles. The van der Waals surface area contributed by atoms with Crippen molar-refractivity contribution in [1.29, 1.82) is 0 Å². The number of nitrogens with one attached hydrogen (secondary N) is 2. The summed E-state index contributed by atoms with van der Waals surface area (Å²) in [5.41, 5.74) is 10.5. The van der Waals surface area contributed by atoms with E-state index in [4.69, 9.17) is 11.5 Å². The highest BCUT2D eigenvalue weighted by molar-refractivity contribution is 5.76. The van der Waals surface area contributed by atoms with Crippen LogP contribution in [0.15, 0.2) is 0 Å². The molecule has 0 spiro atoms. The van der Waals surface area contributed by atoms with Gasteiger partial charge in [0.2, 0.25) is 5.91 Å². The van der Waals surface area contributed by atoms with Gasteiger partial charge >= 0.3 is 6.03 Å². The Morgan fingerprint density at radius 1 is 1.18 bits per heavy atom. The molecule has 1 atom stereocenters.